The molecule has 2 aliphatic rings. The first kappa shape index (κ1) is 20.5. The molecule has 1 amide bonds. The number of piperidine rings is 1. The standard InChI is InChI=1S/C22H32N4O2S/c1-14-8-6-9-15(2)25(14)13-7-11-23-20(27)19-16(3)18-21(29-19)24-17-10-4-5-12-26(17)22(18)28/h14-15H,4-13H2,1-3H3,(H,23,27)/t14-,15+. The maximum atomic E-state index is 12.9. The molecule has 2 aromatic heterocycles. The lowest BCUT2D eigenvalue weighted by Gasteiger charge is -2.39. The van der Waals surface area contributed by atoms with Gasteiger partial charge in [0.25, 0.3) is 11.5 Å². The zero-order valence-corrected chi connectivity index (χ0v) is 18.6. The van der Waals surface area contributed by atoms with E-state index in [-0.39, 0.29) is 11.5 Å². The van der Waals surface area contributed by atoms with Gasteiger partial charge < -0.3 is 5.32 Å². The topological polar surface area (TPSA) is 67.2 Å². The fourth-order valence-corrected chi connectivity index (χ4v) is 6.02. The Morgan fingerprint density at radius 2 is 1.97 bits per heavy atom. The highest BCUT2D eigenvalue weighted by molar-refractivity contribution is 7.20. The summed E-state index contributed by atoms with van der Waals surface area (Å²) in [5.41, 5.74) is 0.796. The minimum atomic E-state index is -0.0763. The molecular weight excluding hydrogens is 384 g/mol. The number of amides is 1. The summed E-state index contributed by atoms with van der Waals surface area (Å²) in [5.74, 6) is 0.791. The van der Waals surface area contributed by atoms with Crippen molar-refractivity contribution in [3.05, 3.63) is 26.6 Å². The van der Waals surface area contributed by atoms with E-state index in [1.807, 2.05) is 6.92 Å². The Labute approximate surface area is 176 Å². The lowest BCUT2D eigenvalue weighted by molar-refractivity contribution is 0.0928. The van der Waals surface area contributed by atoms with Crippen LogP contribution in [0.5, 0.6) is 0 Å². The Kier molecular flexibility index (Phi) is 6.06. The Morgan fingerprint density at radius 1 is 1.21 bits per heavy atom. The fraction of sp³-hybridized carbons (Fsp3) is 0.682. The second kappa shape index (κ2) is 8.56. The normalized spacial score (nSPS) is 22.6. The molecule has 2 aliphatic heterocycles. The molecule has 1 N–H and O–H groups in total. The molecule has 1 saturated heterocycles. The van der Waals surface area contributed by atoms with Gasteiger partial charge in [0.1, 0.15) is 10.7 Å². The van der Waals surface area contributed by atoms with E-state index < -0.39 is 0 Å². The maximum absolute atomic E-state index is 12.9. The smallest absolute Gasteiger partial charge is 0.262 e. The molecule has 0 aromatic carbocycles. The van der Waals surface area contributed by atoms with Gasteiger partial charge in [0.2, 0.25) is 0 Å². The van der Waals surface area contributed by atoms with Gasteiger partial charge in [0.05, 0.1) is 10.3 Å². The molecule has 6 nitrogen and oxygen atoms in total. The van der Waals surface area contributed by atoms with Gasteiger partial charge in [-0.15, -0.1) is 11.3 Å². The van der Waals surface area contributed by atoms with Crippen LogP contribution in [0.4, 0.5) is 0 Å². The number of nitrogens with zero attached hydrogens (tertiary/aromatic N) is 3. The molecule has 158 valence electrons. The zero-order chi connectivity index (χ0) is 20.5. The first-order valence-electron chi connectivity index (χ1n) is 11.0. The Morgan fingerprint density at radius 3 is 2.72 bits per heavy atom. The molecule has 0 radical (unpaired) electrons. The van der Waals surface area contributed by atoms with E-state index >= 15 is 0 Å². The monoisotopic (exact) mass is 416 g/mol. The van der Waals surface area contributed by atoms with Crippen LogP contribution in [0.2, 0.25) is 0 Å². The number of aromatic nitrogens is 2. The van der Waals surface area contributed by atoms with Gasteiger partial charge in [-0.1, -0.05) is 6.42 Å². The molecule has 0 saturated carbocycles. The summed E-state index contributed by atoms with van der Waals surface area (Å²) in [4.78, 5) is 34.3. The van der Waals surface area contributed by atoms with E-state index in [1.165, 1.54) is 30.6 Å². The van der Waals surface area contributed by atoms with Crippen molar-refractivity contribution in [3.63, 3.8) is 0 Å². The summed E-state index contributed by atoms with van der Waals surface area (Å²) < 4.78 is 1.80. The summed E-state index contributed by atoms with van der Waals surface area (Å²) in [6, 6.07) is 1.26. The Bertz CT molecular complexity index is 954. The van der Waals surface area contributed by atoms with Gasteiger partial charge in [0.15, 0.2) is 0 Å². The zero-order valence-electron chi connectivity index (χ0n) is 17.8. The number of thiophene rings is 1. The van der Waals surface area contributed by atoms with E-state index in [2.05, 4.69) is 24.1 Å². The third-order valence-electron chi connectivity index (χ3n) is 6.62. The van der Waals surface area contributed by atoms with E-state index in [4.69, 9.17) is 4.98 Å². The van der Waals surface area contributed by atoms with Crippen molar-refractivity contribution in [2.45, 2.75) is 84.3 Å². The quantitative estimate of drug-likeness (QED) is 0.758. The van der Waals surface area contributed by atoms with Crippen molar-refractivity contribution in [3.8, 4) is 0 Å². The molecule has 4 rings (SSSR count). The molecule has 7 heteroatoms. The third-order valence-corrected chi connectivity index (χ3v) is 7.81. The first-order chi connectivity index (χ1) is 14.0. The minimum absolute atomic E-state index is 0.0190. The number of rotatable bonds is 5. The maximum Gasteiger partial charge on any atom is 0.262 e. The highest BCUT2D eigenvalue weighted by Gasteiger charge is 2.25. The van der Waals surface area contributed by atoms with Gasteiger partial charge >= 0.3 is 0 Å². The third kappa shape index (κ3) is 3.99. The summed E-state index contributed by atoms with van der Waals surface area (Å²) in [5, 5.41) is 3.69. The van der Waals surface area contributed by atoms with Crippen LogP contribution in [-0.4, -0.2) is 45.5 Å². The van der Waals surface area contributed by atoms with Crippen LogP contribution < -0.4 is 10.9 Å². The number of carbonyl (C=O) groups is 1. The Hall–Kier alpha value is -1.73. The molecule has 4 heterocycles. The second-order valence-electron chi connectivity index (χ2n) is 8.65. The predicted octanol–water partition coefficient (Wildman–Crippen LogP) is 3.49. The van der Waals surface area contributed by atoms with Crippen molar-refractivity contribution in [1.29, 1.82) is 0 Å². The van der Waals surface area contributed by atoms with Gasteiger partial charge in [0, 0.05) is 38.1 Å². The van der Waals surface area contributed by atoms with Crippen molar-refractivity contribution in [2.24, 2.45) is 0 Å². The van der Waals surface area contributed by atoms with Crippen LogP contribution >= 0.6 is 11.3 Å². The Balaban J connectivity index is 1.43. The summed E-state index contributed by atoms with van der Waals surface area (Å²) in [6.07, 6.45) is 7.73. The molecule has 29 heavy (non-hydrogen) atoms. The minimum Gasteiger partial charge on any atom is -0.351 e. The molecule has 2 aromatic rings. The van der Waals surface area contributed by atoms with Crippen LogP contribution in [0.1, 0.15) is 73.4 Å². The van der Waals surface area contributed by atoms with Crippen molar-refractivity contribution < 1.29 is 4.79 Å². The van der Waals surface area contributed by atoms with Gasteiger partial charge in [-0.2, -0.15) is 0 Å². The van der Waals surface area contributed by atoms with Crippen molar-refractivity contribution >= 4 is 27.5 Å². The van der Waals surface area contributed by atoms with Gasteiger partial charge in [-0.05, 0) is 58.4 Å². The molecule has 0 unspecified atom stereocenters. The number of hydrogen-bond donors (Lipinski definition) is 1. The van der Waals surface area contributed by atoms with Crippen molar-refractivity contribution in [2.75, 3.05) is 13.1 Å². The summed E-state index contributed by atoms with van der Waals surface area (Å²) in [6.45, 7) is 8.90. The molecular formula is C22H32N4O2S. The number of aryl methyl sites for hydroxylation is 2. The molecule has 0 aliphatic carbocycles. The van der Waals surface area contributed by atoms with Crippen LogP contribution in [0.3, 0.4) is 0 Å². The highest BCUT2D eigenvalue weighted by Crippen LogP contribution is 2.28. The number of likely N-dealkylation sites (tertiary alicyclic amines) is 1. The number of fused-ring (bicyclic) bond motifs is 2. The van der Waals surface area contributed by atoms with Gasteiger partial charge in [-0.25, -0.2) is 4.98 Å². The lowest BCUT2D eigenvalue weighted by Crippen LogP contribution is -2.44. The van der Waals surface area contributed by atoms with Crippen LogP contribution in [0, 0.1) is 6.92 Å². The highest BCUT2D eigenvalue weighted by atomic mass is 32.1. The second-order valence-corrected chi connectivity index (χ2v) is 9.65. The van der Waals surface area contributed by atoms with Crippen LogP contribution in [0.15, 0.2) is 4.79 Å². The molecule has 2 atom stereocenters. The largest absolute Gasteiger partial charge is 0.351 e. The lowest BCUT2D eigenvalue weighted by atomic mass is 9.97. The van der Waals surface area contributed by atoms with E-state index in [9.17, 15) is 9.59 Å². The van der Waals surface area contributed by atoms with Gasteiger partial charge in [-0.3, -0.25) is 19.1 Å². The fourth-order valence-electron chi connectivity index (χ4n) is 4.91. The molecule has 0 spiro atoms. The van der Waals surface area contributed by atoms with E-state index in [1.54, 1.807) is 4.57 Å². The number of hydrogen-bond acceptors (Lipinski definition) is 5. The molecule has 0 bridgehead atoms. The first-order valence-corrected chi connectivity index (χ1v) is 11.9. The summed E-state index contributed by atoms with van der Waals surface area (Å²) in [7, 11) is 0. The van der Waals surface area contributed by atoms with E-state index in [0.29, 0.717) is 33.7 Å². The van der Waals surface area contributed by atoms with Crippen LogP contribution in [-0.2, 0) is 13.0 Å². The van der Waals surface area contributed by atoms with Crippen molar-refractivity contribution in [1.82, 2.24) is 19.8 Å². The molecule has 1 fully saturated rings. The average Bonchev–Trinajstić information content (AvgIpc) is 3.03. The van der Waals surface area contributed by atoms with Crippen LogP contribution in [0.25, 0.3) is 10.2 Å². The number of nitrogens with one attached hydrogen (secondary N) is 1. The predicted molar refractivity (Wildman–Crippen MR) is 118 cm³/mol. The summed E-state index contributed by atoms with van der Waals surface area (Å²) >= 11 is 1.36. The number of carbonyl (C=O) groups excluding carboxylic acids is 1. The SMILES string of the molecule is Cc1c(C(=O)NCCCN2[C@H](C)CCC[C@@H]2C)sc2nc3n(c(=O)c12)CCCC3. The van der Waals surface area contributed by atoms with E-state index in [0.717, 1.165) is 50.2 Å². The average molecular weight is 417 g/mol.